The van der Waals surface area contributed by atoms with Crippen LogP contribution in [0.2, 0.25) is 0 Å². The van der Waals surface area contributed by atoms with Crippen molar-refractivity contribution in [2.24, 2.45) is 0 Å². The van der Waals surface area contributed by atoms with Gasteiger partial charge in [0.2, 0.25) is 0 Å². The highest BCUT2D eigenvalue weighted by atomic mass is 15.1. The second-order valence-electron chi connectivity index (χ2n) is 18.1. The second kappa shape index (κ2) is 15.4. The van der Waals surface area contributed by atoms with Crippen molar-refractivity contribution in [3.63, 3.8) is 0 Å². The van der Waals surface area contributed by atoms with E-state index >= 15 is 0 Å². The Labute approximate surface area is 382 Å². The first kappa shape index (κ1) is 38.7. The molecule has 0 aromatic heterocycles. The normalized spacial score (nSPS) is 13.6. The largest absolute Gasteiger partial charge is 0.310 e. The Morgan fingerprint density at radius 2 is 0.692 bits per heavy atom. The highest BCUT2D eigenvalue weighted by Gasteiger charge is 2.45. The molecule has 0 atom stereocenters. The fraction of sp³-hybridized carbons (Fsp3) is 0.0625. The van der Waals surface area contributed by atoms with Gasteiger partial charge in [-0.1, -0.05) is 214 Å². The van der Waals surface area contributed by atoms with E-state index in [9.17, 15) is 0 Å². The highest BCUT2D eigenvalue weighted by Crippen LogP contribution is 2.56. The van der Waals surface area contributed by atoms with Crippen LogP contribution in [0.15, 0.2) is 249 Å². The van der Waals surface area contributed by atoms with Gasteiger partial charge in [0.25, 0.3) is 0 Å². The SMILES string of the molecule is CC1(C)c2ccccc2-c2ccc(-c3cc(-c4ccccc4)cc(N(c4ccccc4)c4cccc(-c5ccc(C6(c7ccccc7)c7ccccc7-c7ccccc76)cc5)c4)c3)cc21. The van der Waals surface area contributed by atoms with Crippen molar-refractivity contribution < 1.29 is 0 Å². The molecular formula is C64H47N. The van der Waals surface area contributed by atoms with Gasteiger partial charge in [0.15, 0.2) is 0 Å². The zero-order chi connectivity index (χ0) is 43.5. The molecule has 308 valence electrons. The maximum absolute atomic E-state index is 2.44. The molecule has 0 saturated carbocycles. The molecule has 10 aromatic rings. The monoisotopic (exact) mass is 829 g/mol. The molecule has 0 fully saturated rings. The van der Waals surface area contributed by atoms with Crippen LogP contribution >= 0.6 is 0 Å². The molecule has 0 spiro atoms. The fourth-order valence-electron chi connectivity index (χ4n) is 11.1. The molecule has 65 heavy (non-hydrogen) atoms. The Morgan fingerprint density at radius 3 is 1.35 bits per heavy atom. The summed E-state index contributed by atoms with van der Waals surface area (Å²) in [4.78, 5) is 2.41. The maximum atomic E-state index is 2.44. The Hall–Kier alpha value is -8.00. The predicted octanol–water partition coefficient (Wildman–Crippen LogP) is 16.8. The second-order valence-corrected chi connectivity index (χ2v) is 18.1. The summed E-state index contributed by atoms with van der Waals surface area (Å²) in [5, 5.41) is 0. The minimum Gasteiger partial charge on any atom is -0.310 e. The van der Waals surface area contributed by atoms with Crippen molar-refractivity contribution in [1.82, 2.24) is 0 Å². The van der Waals surface area contributed by atoms with Crippen LogP contribution in [0.3, 0.4) is 0 Å². The van der Waals surface area contributed by atoms with Gasteiger partial charge in [-0.2, -0.15) is 0 Å². The molecule has 12 rings (SSSR count). The maximum Gasteiger partial charge on any atom is 0.0713 e. The van der Waals surface area contributed by atoms with E-state index in [1.54, 1.807) is 0 Å². The summed E-state index contributed by atoms with van der Waals surface area (Å²) in [6.07, 6.45) is 0. The summed E-state index contributed by atoms with van der Waals surface area (Å²) < 4.78 is 0. The van der Waals surface area contributed by atoms with E-state index in [0.29, 0.717) is 0 Å². The lowest BCUT2D eigenvalue weighted by Gasteiger charge is -2.34. The first-order valence-electron chi connectivity index (χ1n) is 22.7. The van der Waals surface area contributed by atoms with E-state index in [0.717, 1.165) is 22.6 Å². The Bertz CT molecular complexity index is 3340. The average molecular weight is 830 g/mol. The van der Waals surface area contributed by atoms with Crippen LogP contribution in [0.4, 0.5) is 17.1 Å². The first-order chi connectivity index (χ1) is 32.0. The average Bonchev–Trinajstić information content (AvgIpc) is 3.80. The Balaban J connectivity index is 0.982. The van der Waals surface area contributed by atoms with Crippen LogP contribution in [-0.2, 0) is 10.8 Å². The predicted molar refractivity (Wildman–Crippen MR) is 272 cm³/mol. The van der Waals surface area contributed by atoms with Gasteiger partial charge in [-0.25, -0.2) is 0 Å². The Morgan fingerprint density at radius 1 is 0.262 bits per heavy atom. The molecule has 0 aliphatic heterocycles. The van der Waals surface area contributed by atoms with E-state index in [4.69, 9.17) is 0 Å². The molecule has 0 N–H and O–H groups in total. The van der Waals surface area contributed by atoms with Crippen LogP contribution < -0.4 is 4.90 Å². The van der Waals surface area contributed by atoms with E-state index in [1.807, 2.05) is 0 Å². The van der Waals surface area contributed by atoms with E-state index in [1.165, 1.54) is 83.5 Å². The van der Waals surface area contributed by atoms with Crippen LogP contribution in [0.5, 0.6) is 0 Å². The molecule has 10 aromatic carbocycles. The van der Waals surface area contributed by atoms with Crippen LogP contribution in [0, 0.1) is 0 Å². The van der Waals surface area contributed by atoms with E-state index < -0.39 is 5.41 Å². The third kappa shape index (κ3) is 6.22. The van der Waals surface area contributed by atoms with Crippen molar-refractivity contribution in [2.75, 3.05) is 4.90 Å². The van der Waals surface area contributed by atoms with Gasteiger partial charge in [-0.05, 0) is 138 Å². The zero-order valence-electron chi connectivity index (χ0n) is 36.6. The van der Waals surface area contributed by atoms with Gasteiger partial charge in [0, 0.05) is 22.5 Å². The number of hydrogen-bond acceptors (Lipinski definition) is 1. The molecule has 0 amide bonds. The van der Waals surface area contributed by atoms with Crippen molar-refractivity contribution in [3.05, 3.63) is 282 Å². The Kier molecular flexibility index (Phi) is 9.14. The van der Waals surface area contributed by atoms with Gasteiger partial charge < -0.3 is 4.90 Å². The van der Waals surface area contributed by atoms with Gasteiger partial charge in [0.1, 0.15) is 0 Å². The highest BCUT2D eigenvalue weighted by molar-refractivity contribution is 5.90. The third-order valence-electron chi connectivity index (χ3n) is 14.1. The van der Waals surface area contributed by atoms with Gasteiger partial charge in [-0.15, -0.1) is 0 Å². The van der Waals surface area contributed by atoms with Gasteiger partial charge in [0.05, 0.1) is 5.41 Å². The zero-order valence-corrected chi connectivity index (χ0v) is 36.6. The molecule has 0 bridgehead atoms. The molecular weight excluding hydrogens is 783 g/mol. The van der Waals surface area contributed by atoms with Crippen LogP contribution in [0.25, 0.3) is 55.6 Å². The number of nitrogens with zero attached hydrogens (tertiary/aromatic N) is 1. The lowest BCUT2D eigenvalue weighted by molar-refractivity contribution is 0.660. The number of anilines is 3. The lowest BCUT2D eigenvalue weighted by atomic mass is 9.67. The standard InChI is InChI=1S/C64H47N/c1-63(2)59-30-15-12-27-55(59)58-38-35-47(43-62(58)63)49-39-48(44-19-6-3-7-20-44)41-54(42-49)65(52-24-10-5-11-25-52)53-26-18-21-46(40-53)45-33-36-51(37-34-45)64(50-22-8-4-9-23-50)60-31-16-13-28-56(60)57-29-14-17-32-61(57)64/h3-43H,1-2H3. The number of fused-ring (bicyclic) bond motifs is 6. The summed E-state index contributed by atoms with van der Waals surface area (Å²) in [6.45, 7) is 4.72. The summed E-state index contributed by atoms with van der Waals surface area (Å²) in [6, 6.07) is 91.9. The summed E-state index contributed by atoms with van der Waals surface area (Å²) in [7, 11) is 0. The third-order valence-corrected chi connectivity index (χ3v) is 14.1. The quantitative estimate of drug-likeness (QED) is 0.147. The number of para-hydroxylation sites is 1. The van der Waals surface area contributed by atoms with Crippen LogP contribution in [0.1, 0.15) is 47.2 Å². The summed E-state index contributed by atoms with van der Waals surface area (Å²) >= 11 is 0. The van der Waals surface area contributed by atoms with E-state index in [2.05, 4.69) is 267 Å². The topological polar surface area (TPSA) is 3.24 Å². The van der Waals surface area contributed by atoms with Crippen molar-refractivity contribution >= 4 is 17.1 Å². The molecule has 2 aliphatic rings. The molecule has 1 nitrogen and oxygen atoms in total. The molecule has 0 unspecified atom stereocenters. The number of rotatable bonds is 8. The van der Waals surface area contributed by atoms with Gasteiger partial charge >= 0.3 is 0 Å². The van der Waals surface area contributed by atoms with Crippen molar-refractivity contribution in [3.8, 4) is 55.6 Å². The molecule has 1 heteroatoms. The first-order valence-corrected chi connectivity index (χ1v) is 22.7. The van der Waals surface area contributed by atoms with E-state index in [-0.39, 0.29) is 5.41 Å². The molecule has 2 aliphatic carbocycles. The lowest BCUT2D eigenvalue weighted by Crippen LogP contribution is -2.28. The van der Waals surface area contributed by atoms with Crippen molar-refractivity contribution in [1.29, 1.82) is 0 Å². The molecule has 0 heterocycles. The number of benzene rings is 10. The number of hydrogen-bond donors (Lipinski definition) is 0. The minimum atomic E-state index is -0.432. The van der Waals surface area contributed by atoms with Gasteiger partial charge in [-0.3, -0.25) is 0 Å². The van der Waals surface area contributed by atoms with Crippen LogP contribution in [-0.4, -0.2) is 0 Å². The summed E-state index contributed by atoms with van der Waals surface area (Å²) in [5.74, 6) is 0. The smallest absolute Gasteiger partial charge is 0.0713 e. The van der Waals surface area contributed by atoms with Crippen molar-refractivity contribution in [2.45, 2.75) is 24.7 Å². The fourth-order valence-corrected chi connectivity index (χ4v) is 11.1. The minimum absolute atomic E-state index is 0.0925. The molecule has 0 saturated heterocycles. The molecule has 0 radical (unpaired) electrons. The summed E-state index contributed by atoms with van der Waals surface area (Å²) in [5.41, 5.74) is 23.1.